The van der Waals surface area contributed by atoms with Gasteiger partial charge in [-0.1, -0.05) is 164 Å². The van der Waals surface area contributed by atoms with Gasteiger partial charge in [0.25, 0.3) is 0 Å². The van der Waals surface area contributed by atoms with Gasteiger partial charge in [-0.3, -0.25) is 4.57 Å². The van der Waals surface area contributed by atoms with Crippen molar-refractivity contribution in [3.05, 3.63) is 200 Å². The molecule has 0 amide bonds. The summed E-state index contributed by atoms with van der Waals surface area (Å²) in [6.45, 7) is 0. The van der Waals surface area contributed by atoms with Crippen LogP contribution in [0.2, 0.25) is 0 Å². The molecule has 0 bridgehead atoms. The van der Waals surface area contributed by atoms with E-state index in [1.54, 1.807) is 12.1 Å². The predicted octanol–water partition coefficient (Wildman–Crippen LogP) is 12.9. The summed E-state index contributed by atoms with van der Waals surface area (Å²) in [4.78, 5) is 15.1. The number of nitrogens with zero attached hydrogens (tertiary/aromatic N) is 5. The first kappa shape index (κ1) is 27.8. The quantitative estimate of drug-likeness (QED) is 0.171. The highest BCUT2D eigenvalue weighted by molar-refractivity contribution is 6.24. The molecule has 0 aliphatic carbocycles. The second kappa shape index (κ2) is 13.3. The van der Waals surface area contributed by atoms with Crippen LogP contribution >= 0.6 is 0 Å². The Kier molecular flexibility index (Phi) is 6.47. The molecule has 0 saturated carbocycles. The molecule has 57 heavy (non-hydrogen) atoms. The van der Waals surface area contributed by atoms with E-state index in [0.29, 0.717) is 40.0 Å². The van der Waals surface area contributed by atoms with E-state index in [2.05, 4.69) is 28.8 Å². The second-order valence-electron chi connectivity index (χ2n) is 13.8. The number of hydrogen-bond acceptors (Lipinski definition) is 3. The minimum atomic E-state index is -0.463. The van der Waals surface area contributed by atoms with Gasteiger partial charge in [-0.25, -0.2) is 9.37 Å². The Labute approximate surface area is 334 Å². The van der Waals surface area contributed by atoms with Crippen molar-refractivity contribution < 1.29 is 11.2 Å². The second-order valence-corrected chi connectivity index (χ2v) is 13.8. The maximum Gasteiger partial charge on any atom is 0.238 e. The number of para-hydroxylation sites is 2. The summed E-state index contributed by atoms with van der Waals surface area (Å²) in [6.07, 6.45) is 0. The third-order valence-corrected chi connectivity index (χ3v) is 10.5. The topological polar surface area (TPSA) is 48.5 Å². The zero-order valence-electron chi connectivity index (χ0n) is 35.2. The molecule has 0 radical (unpaired) electrons. The van der Waals surface area contributed by atoms with Crippen LogP contribution in [0.25, 0.3) is 100 Å². The first-order valence-corrected chi connectivity index (χ1v) is 18.6. The van der Waals surface area contributed by atoms with Crippen molar-refractivity contribution in [2.45, 2.75) is 0 Å². The maximum atomic E-state index is 14.8. The van der Waals surface area contributed by atoms with Gasteiger partial charge in [-0.15, -0.1) is 0 Å². The van der Waals surface area contributed by atoms with Crippen molar-refractivity contribution in [3.8, 4) is 56.7 Å². The number of fused-ring (bicyclic) bond motifs is 7. The molecule has 11 rings (SSSR count). The van der Waals surface area contributed by atoms with Crippen LogP contribution in [-0.2, 0) is 0 Å². The first-order chi connectivity index (χ1) is 30.3. The molecule has 0 saturated heterocycles. The fourth-order valence-electron chi connectivity index (χ4n) is 8.12. The van der Waals surface area contributed by atoms with Gasteiger partial charge in [0.2, 0.25) is 5.95 Å². The summed E-state index contributed by atoms with van der Waals surface area (Å²) in [7, 11) is 0. The minimum absolute atomic E-state index is 0.0915. The van der Waals surface area contributed by atoms with Crippen LogP contribution in [0, 0.1) is 5.82 Å². The molecular weight excluding hydrogens is 702 g/mol. The number of rotatable bonds is 6. The van der Waals surface area contributed by atoms with Crippen LogP contribution in [0.1, 0.15) is 6.85 Å². The molecule has 11 aromatic rings. The molecule has 0 aliphatic rings. The van der Waals surface area contributed by atoms with Gasteiger partial charge in [-0.2, -0.15) is 9.97 Å². The SMILES string of the molecule is [2H]c1c([2H])c([2H])c(-c2c(-c3ccccc3)cccc2-n2c3ccccc3c3ccc4c5ccccc5n(-c5nc(-c6ccccc6)nc(-c6cccc(F)c6)n5)c4c32)c([2H])c1[2H]. The largest absolute Gasteiger partial charge is 0.307 e. The lowest BCUT2D eigenvalue weighted by molar-refractivity contribution is 0.628. The fourth-order valence-corrected chi connectivity index (χ4v) is 8.12. The molecule has 5 nitrogen and oxygen atoms in total. The molecule has 3 heterocycles. The molecular formula is C51H32FN5. The van der Waals surface area contributed by atoms with Crippen molar-refractivity contribution in [1.82, 2.24) is 24.1 Å². The Balaban J connectivity index is 1.34. The van der Waals surface area contributed by atoms with Crippen molar-refractivity contribution in [2.75, 3.05) is 0 Å². The summed E-state index contributed by atoms with van der Waals surface area (Å²) < 4.78 is 63.6. The highest BCUT2D eigenvalue weighted by Gasteiger charge is 2.25. The predicted molar refractivity (Wildman–Crippen MR) is 230 cm³/mol. The van der Waals surface area contributed by atoms with E-state index < -0.39 is 23.9 Å². The van der Waals surface area contributed by atoms with Gasteiger partial charge < -0.3 is 4.57 Å². The Morgan fingerprint density at radius 3 is 1.68 bits per heavy atom. The zero-order chi connectivity index (χ0) is 42.2. The number of aromatic nitrogens is 5. The van der Waals surface area contributed by atoms with Gasteiger partial charge >= 0.3 is 0 Å². The van der Waals surface area contributed by atoms with Crippen LogP contribution in [0.5, 0.6) is 0 Å². The highest BCUT2D eigenvalue weighted by Crippen LogP contribution is 2.45. The van der Waals surface area contributed by atoms with Gasteiger partial charge in [0.15, 0.2) is 11.6 Å². The summed E-state index contributed by atoms with van der Waals surface area (Å²) in [6, 6.07) is 49.8. The highest BCUT2D eigenvalue weighted by atomic mass is 19.1. The Morgan fingerprint density at radius 1 is 0.439 bits per heavy atom. The zero-order valence-corrected chi connectivity index (χ0v) is 30.2. The molecule has 0 aliphatic heterocycles. The fraction of sp³-hybridized carbons (Fsp3) is 0. The van der Waals surface area contributed by atoms with E-state index in [1.165, 1.54) is 12.1 Å². The van der Waals surface area contributed by atoms with E-state index >= 15 is 0 Å². The normalized spacial score (nSPS) is 12.8. The molecule has 0 N–H and O–H groups in total. The number of benzene rings is 8. The molecule has 6 heteroatoms. The van der Waals surface area contributed by atoms with Crippen LogP contribution in [-0.4, -0.2) is 24.1 Å². The summed E-state index contributed by atoms with van der Waals surface area (Å²) >= 11 is 0. The van der Waals surface area contributed by atoms with E-state index in [-0.39, 0.29) is 17.6 Å². The van der Waals surface area contributed by atoms with Crippen LogP contribution < -0.4 is 0 Å². The Hall–Kier alpha value is -7.70. The van der Waals surface area contributed by atoms with E-state index in [4.69, 9.17) is 19.1 Å². The van der Waals surface area contributed by atoms with Gasteiger partial charge in [0, 0.05) is 38.2 Å². The standard InChI is InChI=1S/C51H32FN5/c52-37-23-14-22-36(32-37)50-53-49(35-20-8-3-9-21-35)54-51(55-50)57-44-28-13-11-25-40(44)42-31-30-41-39-24-10-12-27-43(39)56(47(41)48(42)57)45-29-15-26-38(33-16-4-1-5-17-33)46(45)34-18-6-2-7-19-34/h1-32H/i2D,6D,7D,18D,19D. The molecule has 3 aromatic heterocycles. The van der Waals surface area contributed by atoms with E-state index in [0.717, 1.165) is 54.7 Å². The lowest BCUT2D eigenvalue weighted by atomic mass is 9.93. The van der Waals surface area contributed by atoms with Crippen LogP contribution in [0.3, 0.4) is 0 Å². The van der Waals surface area contributed by atoms with Crippen LogP contribution in [0.4, 0.5) is 4.39 Å². The summed E-state index contributed by atoms with van der Waals surface area (Å²) in [5, 5.41) is 3.71. The molecule has 0 atom stereocenters. The Morgan fingerprint density at radius 2 is 1.00 bits per heavy atom. The minimum Gasteiger partial charge on any atom is -0.307 e. The number of halogens is 1. The lowest BCUT2D eigenvalue weighted by Crippen LogP contribution is -2.07. The third kappa shape index (κ3) is 5.34. The first-order valence-electron chi connectivity index (χ1n) is 21.1. The molecule has 0 unspecified atom stereocenters. The average molecular weight is 739 g/mol. The van der Waals surface area contributed by atoms with Crippen molar-refractivity contribution >= 4 is 43.6 Å². The monoisotopic (exact) mass is 738 g/mol. The van der Waals surface area contributed by atoms with E-state index in [1.807, 2.05) is 120 Å². The molecule has 8 aromatic carbocycles. The molecule has 268 valence electrons. The van der Waals surface area contributed by atoms with E-state index in [9.17, 15) is 7.13 Å². The van der Waals surface area contributed by atoms with Crippen LogP contribution in [0.15, 0.2) is 194 Å². The van der Waals surface area contributed by atoms with Gasteiger partial charge in [-0.05, 0) is 47.0 Å². The summed E-state index contributed by atoms with van der Waals surface area (Å²) in [5.41, 5.74) is 7.18. The molecule has 0 fully saturated rings. The summed E-state index contributed by atoms with van der Waals surface area (Å²) in [5.74, 6) is 0.609. The number of hydrogen-bond donors (Lipinski definition) is 0. The maximum absolute atomic E-state index is 14.8. The van der Waals surface area contributed by atoms with Gasteiger partial charge in [0.1, 0.15) is 5.82 Å². The average Bonchev–Trinajstić information content (AvgIpc) is 3.84. The van der Waals surface area contributed by atoms with Crippen molar-refractivity contribution in [2.24, 2.45) is 0 Å². The van der Waals surface area contributed by atoms with Crippen molar-refractivity contribution in [3.63, 3.8) is 0 Å². The smallest absolute Gasteiger partial charge is 0.238 e. The Bertz CT molecular complexity index is 3580. The lowest BCUT2D eigenvalue weighted by Gasteiger charge is -2.19. The van der Waals surface area contributed by atoms with Gasteiger partial charge in [0.05, 0.1) is 34.6 Å². The van der Waals surface area contributed by atoms with Crippen molar-refractivity contribution in [1.29, 1.82) is 0 Å². The molecule has 0 spiro atoms. The third-order valence-electron chi connectivity index (χ3n) is 10.5.